The monoisotopic (exact) mass is 337 g/mol. The molecule has 0 N–H and O–H groups in total. The van der Waals surface area contributed by atoms with Crippen LogP contribution in [0.4, 0.5) is 0 Å². The fourth-order valence-electron chi connectivity index (χ4n) is 3.41. The van der Waals surface area contributed by atoms with Crippen molar-refractivity contribution < 1.29 is 9.53 Å². The number of likely N-dealkylation sites (N-methyl/N-ethyl adjacent to an activating group) is 1. The molecule has 0 spiro atoms. The standard InChI is InChI=1S/C17H27N3O2S/c1-18(14-17(21)20-6-2-3-7-20)13-15(16-5-4-12-23-16)19-8-10-22-11-9-19/h4-5,12,15H,2-3,6-11,13-14H2,1H3/t15-/m1/s1. The Balaban J connectivity index is 1.59. The Morgan fingerprint density at radius 3 is 2.70 bits per heavy atom. The highest BCUT2D eigenvalue weighted by molar-refractivity contribution is 7.10. The van der Waals surface area contributed by atoms with Crippen LogP contribution in [-0.4, -0.2) is 80.1 Å². The van der Waals surface area contributed by atoms with Gasteiger partial charge in [-0.2, -0.15) is 0 Å². The zero-order chi connectivity index (χ0) is 16.1. The van der Waals surface area contributed by atoms with Gasteiger partial charge in [0.25, 0.3) is 0 Å². The molecule has 0 aliphatic carbocycles. The van der Waals surface area contributed by atoms with Gasteiger partial charge in [0.05, 0.1) is 25.8 Å². The van der Waals surface area contributed by atoms with E-state index >= 15 is 0 Å². The van der Waals surface area contributed by atoms with Crippen molar-refractivity contribution in [3.05, 3.63) is 22.4 Å². The van der Waals surface area contributed by atoms with Gasteiger partial charge < -0.3 is 9.64 Å². The van der Waals surface area contributed by atoms with Crippen molar-refractivity contribution in [3.8, 4) is 0 Å². The summed E-state index contributed by atoms with van der Waals surface area (Å²) in [6.45, 7) is 6.82. The maximum Gasteiger partial charge on any atom is 0.236 e. The molecule has 128 valence electrons. The molecule has 2 fully saturated rings. The fourth-order valence-corrected chi connectivity index (χ4v) is 4.26. The van der Waals surface area contributed by atoms with Crippen LogP contribution < -0.4 is 0 Å². The van der Waals surface area contributed by atoms with E-state index in [1.165, 1.54) is 4.88 Å². The number of morpholine rings is 1. The van der Waals surface area contributed by atoms with Crippen LogP contribution in [0, 0.1) is 0 Å². The van der Waals surface area contributed by atoms with Crippen LogP contribution in [0.15, 0.2) is 17.5 Å². The molecule has 23 heavy (non-hydrogen) atoms. The third kappa shape index (κ3) is 4.53. The molecule has 2 aliphatic rings. The topological polar surface area (TPSA) is 36.0 Å². The minimum Gasteiger partial charge on any atom is -0.379 e. The molecule has 2 aliphatic heterocycles. The van der Waals surface area contributed by atoms with Crippen LogP contribution in [0.5, 0.6) is 0 Å². The van der Waals surface area contributed by atoms with Crippen molar-refractivity contribution >= 4 is 17.2 Å². The van der Waals surface area contributed by atoms with Crippen LogP contribution in [-0.2, 0) is 9.53 Å². The summed E-state index contributed by atoms with van der Waals surface area (Å²) in [5.74, 6) is 0.275. The molecule has 3 heterocycles. The van der Waals surface area contributed by atoms with Gasteiger partial charge in [0, 0.05) is 37.6 Å². The molecule has 0 radical (unpaired) electrons. The summed E-state index contributed by atoms with van der Waals surface area (Å²) in [6.07, 6.45) is 2.31. The third-order valence-corrected chi connectivity index (χ3v) is 5.68. The van der Waals surface area contributed by atoms with Crippen molar-refractivity contribution in [2.75, 3.05) is 59.5 Å². The molecular weight excluding hydrogens is 310 g/mol. The van der Waals surface area contributed by atoms with Crippen LogP contribution in [0.1, 0.15) is 23.8 Å². The number of likely N-dealkylation sites (tertiary alicyclic amines) is 1. The number of hydrogen-bond acceptors (Lipinski definition) is 5. The molecule has 1 aromatic rings. The minimum atomic E-state index is 0.275. The number of hydrogen-bond donors (Lipinski definition) is 0. The van der Waals surface area contributed by atoms with Gasteiger partial charge in [-0.1, -0.05) is 6.07 Å². The number of carbonyl (C=O) groups excluding carboxylic acids is 1. The minimum absolute atomic E-state index is 0.275. The molecule has 0 unspecified atom stereocenters. The molecule has 1 atom stereocenters. The number of carbonyl (C=O) groups is 1. The van der Waals surface area contributed by atoms with E-state index in [1.807, 2.05) is 4.90 Å². The van der Waals surface area contributed by atoms with E-state index in [9.17, 15) is 4.79 Å². The van der Waals surface area contributed by atoms with Crippen molar-refractivity contribution in [3.63, 3.8) is 0 Å². The lowest BCUT2D eigenvalue weighted by atomic mass is 10.1. The van der Waals surface area contributed by atoms with E-state index in [2.05, 4.69) is 34.4 Å². The summed E-state index contributed by atoms with van der Waals surface area (Å²) >= 11 is 1.81. The van der Waals surface area contributed by atoms with Gasteiger partial charge in [-0.3, -0.25) is 14.6 Å². The molecule has 1 amide bonds. The lowest BCUT2D eigenvalue weighted by Crippen LogP contribution is -2.45. The molecule has 3 rings (SSSR count). The second-order valence-corrected chi connectivity index (χ2v) is 7.44. The van der Waals surface area contributed by atoms with Gasteiger partial charge in [0.2, 0.25) is 5.91 Å². The van der Waals surface area contributed by atoms with Gasteiger partial charge in [0.15, 0.2) is 0 Å². The van der Waals surface area contributed by atoms with E-state index in [0.29, 0.717) is 12.6 Å². The molecule has 0 bridgehead atoms. The predicted molar refractivity (Wildman–Crippen MR) is 92.8 cm³/mol. The summed E-state index contributed by atoms with van der Waals surface area (Å²) in [5, 5.41) is 2.14. The number of nitrogens with zero attached hydrogens (tertiary/aromatic N) is 3. The van der Waals surface area contributed by atoms with E-state index < -0.39 is 0 Å². The highest BCUT2D eigenvalue weighted by Gasteiger charge is 2.26. The molecule has 5 nitrogen and oxygen atoms in total. The first-order valence-electron chi connectivity index (χ1n) is 8.55. The normalized spacial score (nSPS) is 21.0. The van der Waals surface area contributed by atoms with Crippen LogP contribution >= 0.6 is 11.3 Å². The number of rotatable bonds is 6. The summed E-state index contributed by atoms with van der Waals surface area (Å²) in [6, 6.07) is 4.68. The lowest BCUT2D eigenvalue weighted by molar-refractivity contribution is -0.131. The Hall–Kier alpha value is -0.950. The Labute approximate surface area is 142 Å². The SMILES string of the molecule is CN(CC(=O)N1CCCC1)C[C@H](c1cccs1)N1CCOCC1. The van der Waals surface area contributed by atoms with Crippen molar-refractivity contribution in [2.24, 2.45) is 0 Å². The zero-order valence-electron chi connectivity index (χ0n) is 13.9. The van der Waals surface area contributed by atoms with E-state index in [1.54, 1.807) is 11.3 Å². The van der Waals surface area contributed by atoms with E-state index in [0.717, 1.165) is 58.8 Å². The van der Waals surface area contributed by atoms with Crippen molar-refractivity contribution in [1.29, 1.82) is 0 Å². The fraction of sp³-hybridized carbons (Fsp3) is 0.706. The molecule has 6 heteroatoms. The predicted octanol–water partition coefficient (Wildman–Crippen LogP) is 1.68. The van der Waals surface area contributed by atoms with Crippen molar-refractivity contribution in [1.82, 2.24) is 14.7 Å². The smallest absolute Gasteiger partial charge is 0.236 e. The number of amides is 1. The van der Waals surface area contributed by atoms with Gasteiger partial charge in [-0.15, -0.1) is 11.3 Å². The van der Waals surface area contributed by atoms with E-state index in [-0.39, 0.29) is 5.91 Å². The Kier molecular flexibility index (Phi) is 6.05. The average molecular weight is 337 g/mol. The second-order valence-electron chi connectivity index (χ2n) is 6.46. The van der Waals surface area contributed by atoms with Gasteiger partial charge in [0.1, 0.15) is 0 Å². The Morgan fingerprint density at radius 1 is 1.30 bits per heavy atom. The van der Waals surface area contributed by atoms with Gasteiger partial charge in [-0.25, -0.2) is 0 Å². The van der Waals surface area contributed by atoms with Crippen molar-refractivity contribution in [2.45, 2.75) is 18.9 Å². The molecule has 0 aromatic carbocycles. The summed E-state index contributed by atoms with van der Waals surface area (Å²) in [4.78, 5) is 20.4. The maximum atomic E-state index is 12.4. The van der Waals surface area contributed by atoms with Crippen LogP contribution in [0.3, 0.4) is 0 Å². The summed E-state index contributed by atoms with van der Waals surface area (Å²) in [7, 11) is 2.06. The molecular formula is C17H27N3O2S. The first-order chi connectivity index (χ1) is 11.2. The first-order valence-corrected chi connectivity index (χ1v) is 9.43. The largest absolute Gasteiger partial charge is 0.379 e. The zero-order valence-corrected chi connectivity index (χ0v) is 14.8. The van der Waals surface area contributed by atoms with Gasteiger partial charge >= 0.3 is 0 Å². The first kappa shape index (κ1) is 16.9. The maximum absolute atomic E-state index is 12.4. The molecule has 1 aromatic heterocycles. The summed E-state index contributed by atoms with van der Waals surface area (Å²) in [5.41, 5.74) is 0. The number of ether oxygens (including phenoxy) is 1. The van der Waals surface area contributed by atoms with E-state index in [4.69, 9.17) is 4.74 Å². The van der Waals surface area contributed by atoms with Crippen LogP contribution in [0.2, 0.25) is 0 Å². The Bertz CT molecular complexity index is 482. The highest BCUT2D eigenvalue weighted by Crippen LogP contribution is 2.26. The molecule has 0 saturated carbocycles. The second kappa shape index (κ2) is 8.24. The van der Waals surface area contributed by atoms with Gasteiger partial charge in [-0.05, 0) is 31.3 Å². The molecule has 2 saturated heterocycles. The third-order valence-electron chi connectivity index (χ3n) is 4.71. The lowest BCUT2D eigenvalue weighted by Gasteiger charge is -2.36. The summed E-state index contributed by atoms with van der Waals surface area (Å²) < 4.78 is 5.49. The Morgan fingerprint density at radius 2 is 2.04 bits per heavy atom. The average Bonchev–Trinajstić information content (AvgIpc) is 3.26. The number of thiophene rings is 1. The highest BCUT2D eigenvalue weighted by atomic mass is 32.1. The quantitative estimate of drug-likeness (QED) is 0.791. The van der Waals surface area contributed by atoms with Crippen LogP contribution in [0.25, 0.3) is 0 Å².